The first-order valence-electron chi connectivity index (χ1n) is 10.7. The highest BCUT2D eigenvalue weighted by molar-refractivity contribution is 14.0. The number of guanidine groups is 1. The van der Waals surface area contributed by atoms with Crippen LogP contribution in [0.3, 0.4) is 0 Å². The van der Waals surface area contributed by atoms with E-state index in [-0.39, 0.29) is 29.5 Å². The van der Waals surface area contributed by atoms with Gasteiger partial charge < -0.3 is 14.8 Å². The summed E-state index contributed by atoms with van der Waals surface area (Å²) in [6.07, 6.45) is 3.78. The lowest BCUT2D eigenvalue weighted by Gasteiger charge is -2.36. The highest BCUT2D eigenvalue weighted by atomic mass is 127. The molecule has 1 N–H and O–H groups in total. The average molecular weight is 523 g/mol. The number of aromatic nitrogens is 1. The minimum atomic E-state index is 0. The van der Waals surface area contributed by atoms with Gasteiger partial charge in [0, 0.05) is 64.6 Å². The van der Waals surface area contributed by atoms with Crippen molar-refractivity contribution in [2.24, 2.45) is 4.99 Å². The summed E-state index contributed by atoms with van der Waals surface area (Å²) in [5.74, 6) is 1.02. The number of pyridine rings is 1. The third kappa shape index (κ3) is 7.75. The van der Waals surface area contributed by atoms with Gasteiger partial charge in [0.2, 0.25) is 5.56 Å². The summed E-state index contributed by atoms with van der Waals surface area (Å²) >= 11 is 0. The van der Waals surface area contributed by atoms with Crippen LogP contribution in [0.4, 0.5) is 0 Å². The molecule has 1 saturated heterocycles. The molecule has 30 heavy (non-hydrogen) atoms. The highest BCUT2D eigenvalue weighted by Gasteiger charge is 2.19. The third-order valence-corrected chi connectivity index (χ3v) is 5.22. The van der Waals surface area contributed by atoms with Gasteiger partial charge in [0.1, 0.15) is 0 Å². The van der Waals surface area contributed by atoms with Crippen LogP contribution in [0.1, 0.15) is 25.3 Å². The second-order valence-electron chi connectivity index (χ2n) is 7.42. The van der Waals surface area contributed by atoms with Crippen molar-refractivity contribution in [1.82, 2.24) is 19.7 Å². The van der Waals surface area contributed by atoms with Gasteiger partial charge in [-0.2, -0.15) is 0 Å². The summed E-state index contributed by atoms with van der Waals surface area (Å²) in [5, 5.41) is 3.44. The Morgan fingerprint density at radius 1 is 1.00 bits per heavy atom. The molecule has 3 rings (SSSR count). The zero-order chi connectivity index (χ0) is 20.3. The first kappa shape index (κ1) is 24.4. The molecular formula is C23H34IN5O. The van der Waals surface area contributed by atoms with Gasteiger partial charge >= 0.3 is 0 Å². The number of halogens is 1. The Bertz CT molecular complexity index is 816. The van der Waals surface area contributed by atoms with Gasteiger partial charge in [0.05, 0.1) is 0 Å². The number of hydrogen-bond donors (Lipinski definition) is 1. The van der Waals surface area contributed by atoms with Crippen LogP contribution < -0.4 is 10.9 Å². The summed E-state index contributed by atoms with van der Waals surface area (Å²) in [5.41, 5.74) is 1.44. The molecule has 1 fully saturated rings. The second kappa shape index (κ2) is 13.4. The number of unbranched alkanes of at least 4 members (excludes halogenated alkanes) is 1. The maximum absolute atomic E-state index is 11.7. The van der Waals surface area contributed by atoms with Crippen LogP contribution >= 0.6 is 24.0 Å². The van der Waals surface area contributed by atoms with Gasteiger partial charge in [-0.15, -0.1) is 24.0 Å². The normalized spacial score (nSPS) is 15.0. The van der Waals surface area contributed by atoms with E-state index in [9.17, 15) is 4.79 Å². The fourth-order valence-electron chi connectivity index (χ4n) is 3.61. The Labute approximate surface area is 197 Å². The molecule has 2 aromatic rings. The SMILES string of the molecule is CCNC(=NCCCCn1ccccc1=O)N1CCN(Cc2ccccc2)CC1.I. The van der Waals surface area contributed by atoms with Gasteiger partial charge in [0.15, 0.2) is 5.96 Å². The zero-order valence-electron chi connectivity index (χ0n) is 17.9. The number of benzene rings is 1. The Kier molecular flexibility index (Phi) is 10.9. The topological polar surface area (TPSA) is 52.9 Å². The van der Waals surface area contributed by atoms with Crippen LogP contribution in [-0.4, -0.2) is 59.6 Å². The number of rotatable bonds is 8. The number of aliphatic imine (C=N–C) groups is 1. The summed E-state index contributed by atoms with van der Waals surface area (Å²) < 4.78 is 1.76. The predicted molar refractivity (Wildman–Crippen MR) is 135 cm³/mol. The third-order valence-electron chi connectivity index (χ3n) is 5.22. The van der Waals surface area contributed by atoms with Gasteiger partial charge in [-0.1, -0.05) is 36.4 Å². The van der Waals surface area contributed by atoms with Crippen molar-refractivity contribution in [2.75, 3.05) is 39.3 Å². The van der Waals surface area contributed by atoms with Crippen molar-refractivity contribution >= 4 is 29.9 Å². The van der Waals surface area contributed by atoms with Gasteiger partial charge in [-0.25, -0.2) is 0 Å². The van der Waals surface area contributed by atoms with Crippen LogP contribution in [0.2, 0.25) is 0 Å². The lowest BCUT2D eigenvalue weighted by Crippen LogP contribution is -2.52. The summed E-state index contributed by atoms with van der Waals surface area (Å²) in [4.78, 5) is 21.4. The first-order valence-corrected chi connectivity index (χ1v) is 10.7. The van der Waals surface area contributed by atoms with Gasteiger partial charge in [-0.3, -0.25) is 14.7 Å². The molecule has 0 aliphatic carbocycles. The fraction of sp³-hybridized carbons (Fsp3) is 0.478. The van der Waals surface area contributed by atoms with Crippen molar-refractivity contribution in [3.8, 4) is 0 Å². The maximum Gasteiger partial charge on any atom is 0.250 e. The molecule has 0 bridgehead atoms. The molecule has 0 unspecified atom stereocenters. The summed E-state index contributed by atoms with van der Waals surface area (Å²) in [6, 6.07) is 16.0. The molecule has 0 spiro atoms. The Balaban J connectivity index is 0.00000320. The lowest BCUT2D eigenvalue weighted by molar-refractivity contribution is 0.172. The van der Waals surface area contributed by atoms with E-state index >= 15 is 0 Å². The second-order valence-corrected chi connectivity index (χ2v) is 7.42. The number of nitrogens with one attached hydrogen (secondary N) is 1. The maximum atomic E-state index is 11.7. The molecule has 1 aromatic carbocycles. The molecule has 1 aliphatic heterocycles. The number of nitrogens with zero attached hydrogens (tertiary/aromatic N) is 4. The summed E-state index contributed by atoms with van der Waals surface area (Å²) in [7, 11) is 0. The zero-order valence-corrected chi connectivity index (χ0v) is 20.2. The quantitative estimate of drug-likeness (QED) is 0.250. The Hall–Kier alpha value is -1.87. The fourth-order valence-corrected chi connectivity index (χ4v) is 3.61. The number of hydrogen-bond acceptors (Lipinski definition) is 3. The molecular weight excluding hydrogens is 489 g/mol. The minimum Gasteiger partial charge on any atom is -0.357 e. The van der Waals surface area contributed by atoms with Crippen LogP contribution in [0.25, 0.3) is 0 Å². The number of piperazine rings is 1. The molecule has 2 heterocycles. The molecule has 6 nitrogen and oxygen atoms in total. The van der Waals surface area contributed by atoms with Crippen LogP contribution in [0.15, 0.2) is 64.5 Å². The van der Waals surface area contributed by atoms with E-state index < -0.39 is 0 Å². The predicted octanol–water partition coefficient (Wildman–Crippen LogP) is 3.03. The van der Waals surface area contributed by atoms with E-state index in [1.807, 2.05) is 12.3 Å². The molecule has 7 heteroatoms. The minimum absolute atomic E-state index is 0. The van der Waals surface area contributed by atoms with E-state index in [1.165, 1.54) is 5.56 Å². The highest BCUT2D eigenvalue weighted by Crippen LogP contribution is 2.09. The van der Waals surface area contributed by atoms with Crippen molar-refractivity contribution in [3.63, 3.8) is 0 Å². The Morgan fingerprint density at radius 2 is 1.73 bits per heavy atom. The van der Waals surface area contributed by atoms with Crippen LogP contribution in [0, 0.1) is 0 Å². The number of aryl methyl sites for hydroxylation is 1. The largest absolute Gasteiger partial charge is 0.357 e. The van der Waals surface area contributed by atoms with E-state index in [4.69, 9.17) is 4.99 Å². The Morgan fingerprint density at radius 3 is 2.43 bits per heavy atom. The smallest absolute Gasteiger partial charge is 0.250 e. The average Bonchev–Trinajstić information content (AvgIpc) is 2.75. The van der Waals surface area contributed by atoms with Gasteiger partial charge in [0.25, 0.3) is 0 Å². The molecule has 1 aliphatic rings. The summed E-state index contributed by atoms with van der Waals surface area (Å²) in [6.45, 7) is 9.65. The van der Waals surface area contributed by atoms with Gasteiger partial charge in [-0.05, 0) is 31.4 Å². The first-order chi connectivity index (χ1) is 14.3. The molecule has 0 amide bonds. The van der Waals surface area contributed by atoms with E-state index in [1.54, 1.807) is 16.7 Å². The molecule has 0 atom stereocenters. The molecule has 164 valence electrons. The van der Waals surface area contributed by atoms with Crippen molar-refractivity contribution in [2.45, 2.75) is 32.9 Å². The lowest BCUT2D eigenvalue weighted by atomic mass is 10.2. The van der Waals surface area contributed by atoms with E-state index in [0.29, 0.717) is 0 Å². The van der Waals surface area contributed by atoms with Crippen molar-refractivity contribution in [3.05, 3.63) is 70.6 Å². The van der Waals surface area contributed by atoms with Crippen LogP contribution in [-0.2, 0) is 13.1 Å². The molecule has 0 saturated carbocycles. The van der Waals surface area contributed by atoms with Crippen molar-refractivity contribution < 1.29 is 0 Å². The standard InChI is InChI=1S/C23H33N5O.HI/c1-2-24-23(25-13-7-9-15-27-14-8-6-12-22(27)29)28-18-16-26(17-19-28)20-21-10-4-3-5-11-21;/h3-6,8,10-12,14H,2,7,9,13,15-20H2,1H3,(H,24,25);1H. The van der Waals surface area contributed by atoms with E-state index in [0.717, 1.165) is 71.2 Å². The monoisotopic (exact) mass is 523 g/mol. The van der Waals surface area contributed by atoms with Crippen LogP contribution in [0.5, 0.6) is 0 Å². The van der Waals surface area contributed by atoms with Crippen molar-refractivity contribution in [1.29, 1.82) is 0 Å². The van der Waals surface area contributed by atoms with E-state index in [2.05, 4.69) is 52.4 Å². The molecule has 0 radical (unpaired) electrons. The molecule has 1 aromatic heterocycles.